The fraction of sp³-hybridized carbons (Fsp3) is 0.375. The van der Waals surface area contributed by atoms with Crippen LogP contribution < -0.4 is 15.8 Å². The number of para-hydroxylation sites is 1. The van der Waals surface area contributed by atoms with Gasteiger partial charge in [-0.1, -0.05) is 12.1 Å². The van der Waals surface area contributed by atoms with Gasteiger partial charge in [0, 0.05) is 26.1 Å². The van der Waals surface area contributed by atoms with E-state index in [2.05, 4.69) is 10.3 Å². The number of benzene rings is 2. The summed E-state index contributed by atoms with van der Waals surface area (Å²) < 4.78 is 46.5. The highest BCUT2D eigenvalue weighted by atomic mass is 19.4. The van der Waals surface area contributed by atoms with Crippen molar-refractivity contribution in [3.05, 3.63) is 64.2 Å². The zero-order chi connectivity index (χ0) is 24.3. The lowest BCUT2D eigenvalue weighted by Gasteiger charge is -2.31. The molecule has 1 fully saturated rings. The van der Waals surface area contributed by atoms with Crippen LogP contribution in [0.4, 0.5) is 24.5 Å². The zero-order valence-corrected chi connectivity index (χ0v) is 18.7. The minimum atomic E-state index is -4.52. The quantitative estimate of drug-likeness (QED) is 0.585. The van der Waals surface area contributed by atoms with E-state index in [9.17, 15) is 22.8 Å². The van der Waals surface area contributed by atoms with Crippen LogP contribution >= 0.6 is 0 Å². The molecule has 0 radical (unpaired) electrons. The molecule has 10 heteroatoms. The topological polar surface area (TPSA) is 76.5 Å². The number of rotatable bonds is 6. The summed E-state index contributed by atoms with van der Waals surface area (Å²) in [6, 6.07) is 8.74. The van der Waals surface area contributed by atoms with Gasteiger partial charge in [-0.05, 0) is 43.2 Å². The maximum atomic E-state index is 13.3. The third-order valence-corrected chi connectivity index (χ3v) is 5.81. The number of alkyl halides is 3. The molecule has 1 saturated heterocycles. The number of amides is 1. The summed E-state index contributed by atoms with van der Waals surface area (Å²) >= 11 is 0. The lowest BCUT2D eigenvalue weighted by atomic mass is 10.1. The predicted molar refractivity (Wildman–Crippen MR) is 123 cm³/mol. The lowest BCUT2D eigenvalue weighted by molar-refractivity contribution is -0.137. The van der Waals surface area contributed by atoms with Crippen molar-refractivity contribution in [2.75, 3.05) is 36.5 Å². The van der Waals surface area contributed by atoms with Gasteiger partial charge in [-0.3, -0.25) is 14.2 Å². The number of nitrogens with one attached hydrogen (secondary N) is 1. The fourth-order valence-electron chi connectivity index (χ4n) is 4.01. The van der Waals surface area contributed by atoms with E-state index in [1.54, 1.807) is 12.1 Å². The van der Waals surface area contributed by atoms with Gasteiger partial charge in [0.1, 0.15) is 0 Å². The van der Waals surface area contributed by atoms with E-state index < -0.39 is 17.6 Å². The molecule has 0 saturated carbocycles. The molecule has 7 nitrogen and oxygen atoms in total. The number of aryl methyl sites for hydroxylation is 2. The molecule has 0 bridgehead atoms. The van der Waals surface area contributed by atoms with Crippen molar-refractivity contribution in [2.45, 2.75) is 32.5 Å². The monoisotopic (exact) mass is 474 g/mol. The van der Waals surface area contributed by atoms with Crippen LogP contribution in [0, 0.1) is 6.92 Å². The van der Waals surface area contributed by atoms with Crippen molar-refractivity contribution in [1.29, 1.82) is 0 Å². The van der Waals surface area contributed by atoms with E-state index >= 15 is 0 Å². The molecule has 2 aromatic carbocycles. The molecule has 180 valence electrons. The van der Waals surface area contributed by atoms with Crippen LogP contribution in [-0.4, -0.2) is 41.8 Å². The van der Waals surface area contributed by atoms with Crippen LogP contribution in [0.5, 0.6) is 0 Å². The first kappa shape index (κ1) is 23.7. The maximum absolute atomic E-state index is 13.3. The zero-order valence-electron chi connectivity index (χ0n) is 18.7. The molecule has 0 spiro atoms. The van der Waals surface area contributed by atoms with Crippen molar-refractivity contribution in [1.82, 2.24) is 9.55 Å². The van der Waals surface area contributed by atoms with Crippen LogP contribution in [0.15, 0.2) is 47.5 Å². The molecule has 1 N–H and O–H groups in total. The summed E-state index contributed by atoms with van der Waals surface area (Å²) in [5.74, 6) is -0.425. The summed E-state index contributed by atoms with van der Waals surface area (Å²) in [5.41, 5.74) is 1.15. The molecule has 3 aromatic rings. The van der Waals surface area contributed by atoms with Crippen LogP contribution in [0.25, 0.3) is 10.9 Å². The highest BCUT2D eigenvalue weighted by Gasteiger charge is 2.32. The van der Waals surface area contributed by atoms with Gasteiger partial charge in [0.25, 0.3) is 5.56 Å². The third-order valence-electron chi connectivity index (χ3n) is 5.81. The Bertz CT molecular complexity index is 1250. The van der Waals surface area contributed by atoms with Gasteiger partial charge in [0.2, 0.25) is 5.91 Å². The SMILES string of the molecule is Cc1cccc2c(=O)n(CCCC(=O)Nc3cc(C(F)(F)F)ccc3N3CCOCC3)cnc12. The van der Waals surface area contributed by atoms with Crippen LogP contribution in [0.1, 0.15) is 24.0 Å². The first-order chi connectivity index (χ1) is 16.2. The maximum Gasteiger partial charge on any atom is 0.416 e. The van der Waals surface area contributed by atoms with E-state index in [1.165, 1.54) is 17.0 Å². The molecular formula is C24H25F3N4O3. The van der Waals surface area contributed by atoms with E-state index in [-0.39, 0.29) is 24.2 Å². The van der Waals surface area contributed by atoms with Gasteiger partial charge >= 0.3 is 6.18 Å². The summed E-state index contributed by atoms with van der Waals surface area (Å²) in [6.07, 6.45) is -2.70. The van der Waals surface area contributed by atoms with Crippen molar-refractivity contribution in [3.63, 3.8) is 0 Å². The molecule has 0 atom stereocenters. The van der Waals surface area contributed by atoms with Gasteiger partial charge < -0.3 is 15.0 Å². The number of ether oxygens (including phenoxy) is 1. The Hall–Kier alpha value is -3.40. The average Bonchev–Trinajstić information content (AvgIpc) is 2.81. The third kappa shape index (κ3) is 5.22. The fourth-order valence-corrected chi connectivity index (χ4v) is 4.01. The summed E-state index contributed by atoms with van der Waals surface area (Å²) in [7, 11) is 0. The van der Waals surface area contributed by atoms with Crippen molar-refractivity contribution in [3.8, 4) is 0 Å². The van der Waals surface area contributed by atoms with Gasteiger partial charge in [-0.2, -0.15) is 13.2 Å². The Morgan fingerprint density at radius 1 is 1.18 bits per heavy atom. The number of fused-ring (bicyclic) bond motifs is 1. The number of carbonyl (C=O) groups is 1. The number of halogens is 3. The summed E-state index contributed by atoms with van der Waals surface area (Å²) in [5, 5.41) is 3.14. The smallest absolute Gasteiger partial charge is 0.378 e. The molecule has 34 heavy (non-hydrogen) atoms. The molecule has 4 rings (SSSR count). The van der Waals surface area contributed by atoms with Crippen molar-refractivity contribution >= 4 is 28.2 Å². The molecule has 1 aromatic heterocycles. The van der Waals surface area contributed by atoms with Crippen LogP contribution in [0.2, 0.25) is 0 Å². The molecule has 1 aliphatic heterocycles. The Kier molecular flexibility index (Phi) is 6.87. The molecule has 0 aliphatic carbocycles. The molecule has 0 unspecified atom stereocenters. The number of anilines is 2. The molecule has 1 aliphatic rings. The number of hydrogen-bond acceptors (Lipinski definition) is 5. The second kappa shape index (κ2) is 9.84. The van der Waals surface area contributed by atoms with Crippen LogP contribution in [0.3, 0.4) is 0 Å². The first-order valence-corrected chi connectivity index (χ1v) is 11.0. The Morgan fingerprint density at radius 2 is 1.94 bits per heavy atom. The minimum Gasteiger partial charge on any atom is -0.378 e. The normalized spacial score (nSPS) is 14.4. The Balaban J connectivity index is 1.46. The molecule has 1 amide bonds. The van der Waals surface area contributed by atoms with Crippen molar-refractivity contribution in [2.24, 2.45) is 0 Å². The predicted octanol–water partition coefficient (Wildman–Crippen LogP) is 3.98. The Morgan fingerprint density at radius 3 is 2.68 bits per heavy atom. The Labute approximate surface area is 194 Å². The van der Waals surface area contributed by atoms with Crippen molar-refractivity contribution < 1.29 is 22.7 Å². The minimum absolute atomic E-state index is 0.0388. The van der Waals surface area contributed by atoms with Gasteiger partial charge in [-0.25, -0.2) is 4.98 Å². The number of carbonyl (C=O) groups excluding carboxylic acids is 1. The van der Waals surface area contributed by atoms with E-state index in [0.717, 1.165) is 17.7 Å². The number of morpholine rings is 1. The van der Waals surface area contributed by atoms with E-state index in [1.807, 2.05) is 17.9 Å². The van der Waals surface area contributed by atoms with E-state index in [4.69, 9.17) is 4.74 Å². The molecular weight excluding hydrogens is 449 g/mol. The lowest BCUT2D eigenvalue weighted by Crippen LogP contribution is -2.36. The first-order valence-electron chi connectivity index (χ1n) is 11.0. The van der Waals surface area contributed by atoms with E-state index in [0.29, 0.717) is 49.3 Å². The van der Waals surface area contributed by atoms with Gasteiger partial charge in [0.05, 0.1) is 47.4 Å². The van der Waals surface area contributed by atoms with Gasteiger partial charge in [0.15, 0.2) is 0 Å². The van der Waals surface area contributed by atoms with Gasteiger partial charge in [-0.15, -0.1) is 0 Å². The highest BCUT2D eigenvalue weighted by molar-refractivity contribution is 5.94. The summed E-state index contributed by atoms with van der Waals surface area (Å²) in [4.78, 5) is 31.5. The number of nitrogens with zero attached hydrogens (tertiary/aromatic N) is 3. The molecule has 2 heterocycles. The summed E-state index contributed by atoms with van der Waals surface area (Å²) in [6.45, 7) is 4.10. The standard InChI is InChI=1S/C24H25F3N4O3/c1-16-4-2-5-18-22(16)28-15-31(23(18)33)9-3-6-21(32)29-19-14-17(24(25,26)27)7-8-20(19)30-10-12-34-13-11-30/h2,4-5,7-8,14-15H,3,6,9-13H2,1H3,(H,29,32). The second-order valence-electron chi connectivity index (χ2n) is 8.20. The highest BCUT2D eigenvalue weighted by Crippen LogP contribution is 2.35. The largest absolute Gasteiger partial charge is 0.416 e. The second-order valence-corrected chi connectivity index (χ2v) is 8.20. The number of hydrogen-bond donors (Lipinski definition) is 1. The van der Waals surface area contributed by atoms with Crippen LogP contribution in [-0.2, 0) is 22.3 Å². The number of aromatic nitrogens is 2. The average molecular weight is 474 g/mol.